The molecule has 1 aromatic rings. The van der Waals surface area contributed by atoms with E-state index in [2.05, 4.69) is 5.32 Å². The maximum atomic E-state index is 11.7. The highest BCUT2D eigenvalue weighted by Gasteiger charge is 2.19. The number of carboxylic acids is 1. The summed E-state index contributed by atoms with van der Waals surface area (Å²) in [6.45, 7) is 4.02. The van der Waals surface area contributed by atoms with Crippen molar-refractivity contribution in [2.75, 3.05) is 43.6 Å². The third kappa shape index (κ3) is 4.67. The summed E-state index contributed by atoms with van der Waals surface area (Å²) < 4.78 is 11.0. The first-order valence-electron chi connectivity index (χ1n) is 7.59. The number of amides is 1. The molecule has 1 aromatic carbocycles. The van der Waals surface area contributed by atoms with Crippen LogP contribution in [-0.2, 0) is 14.3 Å². The van der Waals surface area contributed by atoms with Gasteiger partial charge in [-0.2, -0.15) is 0 Å². The molecule has 0 aromatic heterocycles. The third-order valence-electron chi connectivity index (χ3n) is 3.61. The minimum atomic E-state index is -1.03. The number of ether oxygens (including phenoxy) is 2. The molecule has 0 bridgehead atoms. The van der Waals surface area contributed by atoms with Gasteiger partial charge < -0.3 is 24.8 Å². The van der Waals surface area contributed by atoms with Crippen molar-refractivity contribution in [3.8, 4) is 0 Å². The zero-order valence-corrected chi connectivity index (χ0v) is 13.4. The first-order chi connectivity index (χ1) is 11.0. The number of carboxylic acid groups (broad SMARTS) is 1. The van der Waals surface area contributed by atoms with E-state index >= 15 is 0 Å². The van der Waals surface area contributed by atoms with Crippen LogP contribution in [0.5, 0.6) is 0 Å². The second kappa shape index (κ2) is 7.94. The molecule has 1 saturated heterocycles. The lowest BCUT2D eigenvalue weighted by Crippen LogP contribution is -2.38. The smallest absolute Gasteiger partial charge is 0.335 e. The van der Waals surface area contributed by atoms with E-state index in [9.17, 15) is 9.59 Å². The van der Waals surface area contributed by atoms with Crippen LogP contribution in [0.1, 0.15) is 23.7 Å². The van der Waals surface area contributed by atoms with Crippen LogP contribution in [0.4, 0.5) is 11.4 Å². The van der Waals surface area contributed by atoms with Gasteiger partial charge in [0.2, 0.25) is 5.91 Å². The average molecular weight is 322 g/mol. The lowest BCUT2D eigenvalue weighted by atomic mass is 10.1. The molecule has 7 heteroatoms. The van der Waals surface area contributed by atoms with Crippen molar-refractivity contribution in [1.82, 2.24) is 0 Å². The van der Waals surface area contributed by atoms with Crippen LogP contribution in [0.3, 0.4) is 0 Å². The molecule has 1 heterocycles. The van der Waals surface area contributed by atoms with Gasteiger partial charge in [0.15, 0.2) is 0 Å². The van der Waals surface area contributed by atoms with Crippen LogP contribution in [-0.4, -0.2) is 56.5 Å². The summed E-state index contributed by atoms with van der Waals surface area (Å²) in [4.78, 5) is 24.8. The van der Waals surface area contributed by atoms with Crippen molar-refractivity contribution < 1.29 is 24.2 Å². The first kappa shape index (κ1) is 17.2. The predicted molar refractivity (Wildman–Crippen MR) is 86.2 cm³/mol. The van der Waals surface area contributed by atoms with Gasteiger partial charge in [-0.15, -0.1) is 0 Å². The molecule has 1 amide bonds. The maximum absolute atomic E-state index is 11.7. The molecule has 0 radical (unpaired) electrons. The Morgan fingerprint density at radius 2 is 2.17 bits per heavy atom. The largest absolute Gasteiger partial charge is 0.478 e. The van der Waals surface area contributed by atoms with Gasteiger partial charge in [0, 0.05) is 20.0 Å². The van der Waals surface area contributed by atoms with E-state index in [4.69, 9.17) is 14.6 Å². The van der Waals surface area contributed by atoms with Crippen LogP contribution in [0.25, 0.3) is 0 Å². The van der Waals surface area contributed by atoms with Gasteiger partial charge in [-0.1, -0.05) is 6.92 Å². The topological polar surface area (TPSA) is 88.1 Å². The SMILES string of the molecule is CCC(=O)Nc1cc(C(=O)O)ccc1N(C)C[C@@H]1COCCO1. The van der Waals surface area contributed by atoms with Crippen LogP contribution in [0.2, 0.25) is 0 Å². The highest BCUT2D eigenvalue weighted by atomic mass is 16.6. The molecule has 126 valence electrons. The molecular weight excluding hydrogens is 300 g/mol. The molecule has 0 unspecified atom stereocenters. The van der Waals surface area contributed by atoms with Crippen LogP contribution >= 0.6 is 0 Å². The molecule has 2 N–H and O–H groups in total. The number of likely N-dealkylation sites (N-methyl/N-ethyl adjacent to an activating group) is 1. The molecule has 0 aliphatic carbocycles. The van der Waals surface area contributed by atoms with E-state index in [0.29, 0.717) is 38.5 Å². The Kier molecular flexibility index (Phi) is 5.95. The Hall–Kier alpha value is -2.12. The Morgan fingerprint density at radius 3 is 2.78 bits per heavy atom. The van der Waals surface area contributed by atoms with Gasteiger partial charge >= 0.3 is 5.97 Å². The maximum Gasteiger partial charge on any atom is 0.335 e. The summed E-state index contributed by atoms with van der Waals surface area (Å²) in [5.41, 5.74) is 1.35. The summed E-state index contributed by atoms with van der Waals surface area (Å²) in [7, 11) is 1.87. The summed E-state index contributed by atoms with van der Waals surface area (Å²) in [6, 6.07) is 4.69. The Balaban J connectivity index is 2.20. The summed E-state index contributed by atoms with van der Waals surface area (Å²) in [6.07, 6.45) is 0.266. The summed E-state index contributed by atoms with van der Waals surface area (Å²) in [5.74, 6) is -1.20. The van der Waals surface area contributed by atoms with Gasteiger partial charge in [0.1, 0.15) is 0 Å². The van der Waals surface area contributed by atoms with Crippen molar-refractivity contribution >= 4 is 23.3 Å². The van der Waals surface area contributed by atoms with E-state index in [0.717, 1.165) is 5.69 Å². The Bertz CT molecular complexity index is 570. The van der Waals surface area contributed by atoms with Crippen molar-refractivity contribution in [2.24, 2.45) is 0 Å². The van der Waals surface area contributed by atoms with E-state index < -0.39 is 5.97 Å². The molecule has 7 nitrogen and oxygen atoms in total. The van der Waals surface area contributed by atoms with Gasteiger partial charge in [0.05, 0.1) is 42.9 Å². The zero-order valence-electron chi connectivity index (χ0n) is 13.4. The highest BCUT2D eigenvalue weighted by molar-refractivity contribution is 5.97. The number of hydrogen-bond donors (Lipinski definition) is 2. The first-order valence-corrected chi connectivity index (χ1v) is 7.59. The van der Waals surface area contributed by atoms with Crippen LogP contribution < -0.4 is 10.2 Å². The monoisotopic (exact) mass is 322 g/mol. The average Bonchev–Trinajstić information content (AvgIpc) is 2.55. The molecule has 1 aliphatic rings. The molecule has 1 aliphatic heterocycles. The zero-order chi connectivity index (χ0) is 16.8. The second-order valence-corrected chi connectivity index (χ2v) is 5.39. The van der Waals surface area contributed by atoms with Gasteiger partial charge in [-0.3, -0.25) is 4.79 Å². The number of aromatic carboxylic acids is 1. The van der Waals surface area contributed by atoms with Crippen molar-refractivity contribution in [3.63, 3.8) is 0 Å². The molecule has 2 rings (SSSR count). The fourth-order valence-electron chi connectivity index (χ4n) is 2.39. The van der Waals surface area contributed by atoms with Crippen molar-refractivity contribution in [1.29, 1.82) is 0 Å². The highest BCUT2D eigenvalue weighted by Crippen LogP contribution is 2.27. The minimum Gasteiger partial charge on any atom is -0.478 e. The van der Waals surface area contributed by atoms with E-state index in [1.165, 1.54) is 12.1 Å². The fraction of sp³-hybridized carbons (Fsp3) is 0.500. The van der Waals surface area contributed by atoms with Crippen molar-refractivity contribution in [2.45, 2.75) is 19.4 Å². The fourth-order valence-corrected chi connectivity index (χ4v) is 2.39. The van der Waals surface area contributed by atoms with Crippen LogP contribution in [0.15, 0.2) is 18.2 Å². The predicted octanol–water partition coefficient (Wildman–Crippen LogP) is 1.58. The summed E-state index contributed by atoms with van der Waals surface area (Å²) in [5, 5.41) is 11.9. The Morgan fingerprint density at radius 1 is 1.39 bits per heavy atom. The molecule has 1 atom stereocenters. The number of nitrogens with zero attached hydrogens (tertiary/aromatic N) is 1. The molecule has 23 heavy (non-hydrogen) atoms. The Labute approximate surface area is 135 Å². The normalized spacial score (nSPS) is 17.6. The lowest BCUT2D eigenvalue weighted by molar-refractivity contribution is -0.115. The quantitative estimate of drug-likeness (QED) is 0.827. The number of carbonyl (C=O) groups excluding carboxylic acids is 1. The number of carbonyl (C=O) groups is 2. The van der Waals surface area contributed by atoms with Gasteiger partial charge in [-0.25, -0.2) is 4.79 Å². The number of hydrogen-bond acceptors (Lipinski definition) is 5. The molecule has 1 fully saturated rings. The second-order valence-electron chi connectivity index (χ2n) is 5.39. The van der Waals surface area contributed by atoms with Gasteiger partial charge in [-0.05, 0) is 18.2 Å². The van der Waals surface area contributed by atoms with Gasteiger partial charge in [0.25, 0.3) is 0 Å². The summed E-state index contributed by atoms with van der Waals surface area (Å²) >= 11 is 0. The number of nitrogens with one attached hydrogen (secondary N) is 1. The number of rotatable bonds is 6. The van der Waals surface area contributed by atoms with E-state index in [-0.39, 0.29) is 17.6 Å². The lowest BCUT2D eigenvalue weighted by Gasteiger charge is -2.30. The van der Waals surface area contributed by atoms with E-state index in [1.54, 1.807) is 13.0 Å². The molecular formula is C16H22N2O5. The number of benzene rings is 1. The van der Waals surface area contributed by atoms with Crippen LogP contribution in [0, 0.1) is 0 Å². The number of anilines is 2. The van der Waals surface area contributed by atoms with E-state index in [1.807, 2.05) is 11.9 Å². The molecule has 0 spiro atoms. The van der Waals surface area contributed by atoms with Crippen molar-refractivity contribution in [3.05, 3.63) is 23.8 Å². The third-order valence-corrected chi connectivity index (χ3v) is 3.61. The minimum absolute atomic E-state index is 0.0531. The standard InChI is InChI=1S/C16H22N2O5/c1-3-15(19)17-13-8-11(16(20)21)4-5-14(13)18(2)9-12-10-22-6-7-23-12/h4-5,8,12H,3,6-7,9-10H2,1-2H3,(H,17,19)(H,20,21)/t12-/m1/s1. The molecule has 0 saturated carbocycles.